The molecule has 0 radical (unpaired) electrons. The first-order valence-corrected chi connectivity index (χ1v) is 8.59. The van der Waals surface area contributed by atoms with Crippen molar-refractivity contribution in [2.45, 2.75) is 90.8 Å². The van der Waals surface area contributed by atoms with E-state index in [0.717, 1.165) is 18.6 Å². The lowest BCUT2D eigenvalue weighted by atomic mass is 9.86. The van der Waals surface area contributed by atoms with E-state index >= 15 is 0 Å². The topological polar surface area (TPSA) is 15.3 Å². The van der Waals surface area contributed by atoms with E-state index in [4.69, 9.17) is 0 Å². The van der Waals surface area contributed by atoms with E-state index in [1.165, 1.54) is 51.5 Å². The third-order valence-corrected chi connectivity index (χ3v) is 5.56. The van der Waals surface area contributed by atoms with Crippen molar-refractivity contribution in [1.82, 2.24) is 10.2 Å². The summed E-state index contributed by atoms with van der Waals surface area (Å²) in [5.41, 5.74) is 0.464. The van der Waals surface area contributed by atoms with Crippen molar-refractivity contribution >= 4 is 0 Å². The summed E-state index contributed by atoms with van der Waals surface area (Å²) in [7, 11) is 0. The zero-order valence-electron chi connectivity index (χ0n) is 13.5. The molecule has 3 atom stereocenters. The van der Waals surface area contributed by atoms with E-state index in [1.807, 2.05) is 0 Å². The maximum absolute atomic E-state index is 3.81. The molecular weight excluding hydrogens is 232 g/mol. The highest BCUT2D eigenvalue weighted by Gasteiger charge is 2.45. The van der Waals surface area contributed by atoms with Gasteiger partial charge in [0.1, 0.15) is 0 Å². The second-order valence-electron chi connectivity index (χ2n) is 7.28. The molecule has 2 heteroatoms. The summed E-state index contributed by atoms with van der Waals surface area (Å²) in [5.74, 6) is 0. The van der Waals surface area contributed by atoms with Gasteiger partial charge in [-0.2, -0.15) is 0 Å². The molecule has 2 fully saturated rings. The van der Waals surface area contributed by atoms with Crippen LogP contribution in [0.4, 0.5) is 0 Å². The van der Waals surface area contributed by atoms with Crippen LogP contribution in [0.2, 0.25) is 0 Å². The van der Waals surface area contributed by atoms with Gasteiger partial charge in [-0.3, -0.25) is 4.90 Å². The van der Waals surface area contributed by atoms with E-state index in [1.54, 1.807) is 0 Å². The molecule has 1 saturated carbocycles. The average Bonchev–Trinajstić information content (AvgIpc) is 2.58. The van der Waals surface area contributed by atoms with Crippen LogP contribution >= 0.6 is 0 Å². The Morgan fingerprint density at radius 2 is 1.89 bits per heavy atom. The Morgan fingerprint density at radius 1 is 1.11 bits per heavy atom. The van der Waals surface area contributed by atoms with Crippen LogP contribution in [0.1, 0.15) is 72.6 Å². The first-order chi connectivity index (χ1) is 9.10. The van der Waals surface area contributed by atoms with Gasteiger partial charge < -0.3 is 5.32 Å². The van der Waals surface area contributed by atoms with Gasteiger partial charge in [0.25, 0.3) is 0 Å². The molecule has 2 aliphatic rings. The number of nitrogens with zero attached hydrogens (tertiary/aromatic N) is 1. The predicted molar refractivity (Wildman–Crippen MR) is 83.5 cm³/mol. The first kappa shape index (κ1) is 15.3. The zero-order valence-corrected chi connectivity index (χ0v) is 13.5. The summed E-state index contributed by atoms with van der Waals surface area (Å²) < 4.78 is 0. The van der Waals surface area contributed by atoms with Gasteiger partial charge in [0.05, 0.1) is 0 Å². The maximum Gasteiger partial charge on any atom is 0.0274 e. The van der Waals surface area contributed by atoms with Crippen LogP contribution in [0.15, 0.2) is 0 Å². The number of likely N-dealkylation sites (tertiary alicyclic amines) is 1. The summed E-state index contributed by atoms with van der Waals surface area (Å²) in [6.07, 6.45) is 9.81. The van der Waals surface area contributed by atoms with E-state index in [9.17, 15) is 0 Å². The molecule has 1 N–H and O–H groups in total. The van der Waals surface area contributed by atoms with Gasteiger partial charge in [0, 0.05) is 18.1 Å². The first-order valence-electron chi connectivity index (χ1n) is 8.59. The van der Waals surface area contributed by atoms with Crippen molar-refractivity contribution in [2.24, 2.45) is 5.41 Å². The Bertz CT molecular complexity index is 274. The van der Waals surface area contributed by atoms with Crippen molar-refractivity contribution in [3.05, 3.63) is 0 Å². The molecule has 1 aliphatic heterocycles. The summed E-state index contributed by atoms with van der Waals surface area (Å²) in [5, 5.41) is 3.81. The van der Waals surface area contributed by atoms with Crippen LogP contribution < -0.4 is 5.32 Å². The van der Waals surface area contributed by atoms with Crippen LogP contribution in [0.25, 0.3) is 0 Å². The minimum absolute atomic E-state index is 0.464. The lowest BCUT2D eigenvalue weighted by Crippen LogP contribution is -2.54. The summed E-state index contributed by atoms with van der Waals surface area (Å²) in [6.45, 7) is 12.0. The third-order valence-electron chi connectivity index (χ3n) is 5.56. The standard InChI is InChI=1S/C17H34N2/c1-5-14-10-8-7-9-13-19(14)15-11-12-17(3,4)16(15)18-6-2/h14-16,18H,5-13H2,1-4H3. The number of hydrogen-bond donors (Lipinski definition) is 1. The lowest BCUT2D eigenvalue weighted by molar-refractivity contribution is 0.0988. The minimum Gasteiger partial charge on any atom is -0.312 e. The minimum atomic E-state index is 0.464. The Hall–Kier alpha value is -0.0800. The molecule has 0 bridgehead atoms. The molecule has 112 valence electrons. The van der Waals surface area contributed by atoms with E-state index in [-0.39, 0.29) is 0 Å². The molecule has 0 spiro atoms. The summed E-state index contributed by atoms with van der Waals surface area (Å²) in [6, 6.07) is 2.30. The van der Waals surface area contributed by atoms with Crippen molar-refractivity contribution in [3.8, 4) is 0 Å². The Kier molecular flexibility index (Phi) is 5.30. The maximum atomic E-state index is 3.81. The van der Waals surface area contributed by atoms with Gasteiger partial charge in [0.2, 0.25) is 0 Å². The van der Waals surface area contributed by atoms with Crippen molar-refractivity contribution in [1.29, 1.82) is 0 Å². The van der Waals surface area contributed by atoms with Crippen LogP contribution in [0, 0.1) is 5.41 Å². The van der Waals surface area contributed by atoms with Crippen LogP contribution in [-0.4, -0.2) is 36.1 Å². The zero-order chi connectivity index (χ0) is 13.9. The SMILES string of the molecule is CCNC1C(N2CCCCCC2CC)CCC1(C)C. The summed E-state index contributed by atoms with van der Waals surface area (Å²) >= 11 is 0. The Balaban J connectivity index is 2.13. The van der Waals surface area contributed by atoms with Gasteiger partial charge in [-0.05, 0) is 50.6 Å². The number of likely N-dealkylation sites (N-methyl/N-ethyl adjacent to an activating group) is 1. The lowest BCUT2D eigenvalue weighted by Gasteiger charge is -2.41. The van der Waals surface area contributed by atoms with Crippen molar-refractivity contribution in [3.63, 3.8) is 0 Å². The molecule has 0 amide bonds. The number of hydrogen-bond acceptors (Lipinski definition) is 2. The normalized spacial score (nSPS) is 36.3. The van der Waals surface area contributed by atoms with Gasteiger partial charge >= 0.3 is 0 Å². The van der Waals surface area contributed by atoms with Crippen molar-refractivity contribution in [2.75, 3.05) is 13.1 Å². The molecule has 1 aliphatic carbocycles. The summed E-state index contributed by atoms with van der Waals surface area (Å²) in [4.78, 5) is 2.88. The predicted octanol–water partition coefficient (Wildman–Crippen LogP) is 3.81. The molecule has 19 heavy (non-hydrogen) atoms. The largest absolute Gasteiger partial charge is 0.312 e. The molecule has 1 saturated heterocycles. The van der Waals surface area contributed by atoms with Crippen molar-refractivity contribution < 1.29 is 0 Å². The highest BCUT2D eigenvalue weighted by atomic mass is 15.2. The quantitative estimate of drug-likeness (QED) is 0.832. The van der Waals surface area contributed by atoms with E-state index < -0.39 is 0 Å². The second-order valence-corrected chi connectivity index (χ2v) is 7.28. The Labute approximate surface area is 120 Å². The highest BCUT2D eigenvalue weighted by Crippen LogP contribution is 2.41. The van der Waals surface area contributed by atoms with Gasteiger partial charge in [-0.1, -0.05) is 40.5 Å². The van der Waals surface area contributed by atoms with Crippen LogP contribution in [-0.2, 0) is 0 Å². The molecule has 2 nitrogen and oxygen atoms in total. The molecule has 2 rings (SSSR count). The molecule has 0 aromatic carbocycles. The van der Waals surface area contributed by atoms with Gasteiger partial charge in [-0.25, -0.2) is 0 Å². The fourth-order valence-corrected chi connectivity index (χ4v) is 4.43. The van der Waals surface area contributed by atoms with Gasteiger partial charge in [-0.15, -0.1) is 0 Å². The van der Waals surface area contributed by atoms with Crippen LogP contribution in [0.3, 0.4) is 0 Å². The second kappa shape index (κ2) is 6.58. The number of nitrogens with one attached hydrogen (secondary N) is 1. The fourth-order valence-electron chi connectivity index (χ4n) is 4.43. The highest BCUT2D eigenvalue weighted by molar-refractivity contribution is 5.02. The van der Waals surface area contributed by atoms with Gasteiger partial charge in [0.15, 0.2) is 0 Å². The molecule has 3 unspecified atom stereocenters. The van der Waals surface area contributed by atoms with E-state index in [0.29, 0.717) is 11.5 Å². The molecule has 0 aromatic rings. The third kappa shape index (κ3) is 3.33. The smallest absolute Gasteiger partial charge is 0.0274 e. The molecule has 1 heterocycles. The monoisotopic (exact) mass is 266 g/mol. The average molecular weight is 266 g/mol. The Morgan fingerprint density at radius 3 is 2.58 bits per heavy atom. The fraction of sp³-hybridized carbons (Fsp3) is 1.00. The molecular formula is C17H34N2. The van der Waals surface area contributed by atoms with Crippen LogP contribution in [0.5, 0.6) is 0 Å². The number of rotatable bonds is 4. The molecule has 0 aromatic heterocycles. The van der Waals surface area contributed by atoms with E-state index in [2.05, 4.69) is 37.9 Å².